The Morgan fingerprint density at radius 2 is 2.14 bits per heavy atom. The summed E-state index contributed by atoms with van der Waals surface area (Å²) in [6.07, 6.45) is 1.87. The quantitative estimate of drug-likeness (QED) is 0.674. The third-order valence-corrected chi connectivity index (χ3v) is 2.56. The molecule has 1 nitrogen and oxygen atoms in total. The molecule has 0 N–H and O–H groups in total. The number of benzene rings is 1. The summed E-state index contributed by atoms with van der Waals surface area (Å²) in [5, 5.41) is 0. The van der Waals surface area contributed by atoms with Crippen LogP contribution in [0.25, 0.3) is 0 Å². The lowest BCUT2D eigenvalue weighted by atomic mass is 9.93. The van der Waals surface area contributed by atoms with E-state index in [1.807, 2.05) is 0 Å². The summed E-state index contributed by atoms with van der Waals surface area (Å²) in [6.45, 7) is 1.29. The molecule has 1 aromatic rings. The number of hydrogen-bond acceptors (Lipinski definition) is 1. The van der Waals surface area contributed by atoms with Gasteiger partial charge in [0.1, 0.15) is 11.6 Å². The largest absolute Gasteiger partial charge is 0.381 e. The molecule has 76 valence electrons. The van der Waals surface area contributed by atoms with E-state index < -0.39 is 11.6 Å². The molecule has 14 heavy (non-hydrogen) atoms. The summed E-state index contributed by atoms with van der Waals surface area (Å²) in [6, 6.07) is 3.75. The van der Waals surface area contributed by atoms with Gasteiger partial charge in [-0.1, -0.05) is 6.07 Å². The van der Waals surface area contributed by atoms with Gasteiger partial charge in [0.2, 0.25) is 0 Å². The standard InChI is InChI=1S/C11H12F2O/c12-9-3-4-10(11(13)6-9)8-2-1-5-14-7-8/h3-4,6,8H,1-2,5,7H2/t8-/m0/s1. The van der Waals surface area contributed by atoms with E-state index in [0.29, 0.717) is 12.2 Å². The van der Waals surface area contributed by atoms with Crippen LogP contribution in [0, 0.1) is 11.6 Å². The van der Waals surface area contributed by atoms with E-state index in [9.17, 15) is 8.78 Å². The molecule has 3 heteroatoms. The molecule has 0 unspecified atom stereocenters. The first-order valence-electron chi connectivity index (χ1n) is 4.80. The lowest BCUT2D eigenvalue weighted by molar-refractivity contribution is 0.0794. The van der Waals surface area contributed by atoms with Crippen molar-refractivity contribution >= 4 is 0 Å². The highest BCUT2D eigenvalue weighted by atomic mass is 19.1. The number of halogens is 2. The molecule has 2 rings (SSSR count). The summed E-state index contributed by atoms with van der Waals surface area (Å²) in [5.41, 5.74) is 0.575. The number of hydrogen-bond donors (Lipinski definition) is 0. The molecule has 0 radical (unpaired) electrons. The second-order valence-corrected chi connectivity index (χ2v) is 3.58. The van der Waals surface area contributed by atoms with E-state index in [-0.39, 0.29) is 5.92 Å². The normalized spacial score (nSPS) is 22.3. The van der Waals surface area contributed by atoms with E-state index >= 15 is 0 Å². The topological polar surface area (TPSA) is 9.23 Å². The maximum Gasteiger partial charge on any atom is 0.129 e. The van der Waals surface area contributed by atoms with Crippen molar-refractivity contribution in [2.75, 3.05) is 13.2 Å². The van der Waals surface area contributed by atoms with E-state index in [0.717, 1.165) is 25.5 Å². The van der Waals surface area contributed by atoms with Crippen LogP contribution >= 0.6 is 0 Å². The van der Waals surface area contributed by atoms with Crippen LogP contribution in [0.3, 0.4) is 0 Å². The van der Waals surface area contributed by atoms with Gasteiger partial charge < -0.3 is 4.74 Å². The molecule has 0 saturated carbocycles. The van der Waals surface area contributed by atoms with Gasteiger partial charge in [-0.05, 0) is 24.5 Å². The Labute approximate surface area is 81.7 Å². The van der Waals surface area contributed by atoms with Crippen LogP contribution in [0.2, 0.25) is 0 Å². The minimum absolute atomic E-state index is 0.0874. The molecule has 1 fully saturated rings. The summed E-state index contributed by atoms with van der Waals surface area (Å²) in [7, 11) is 0. The van der Waals surface area contributed by atoms with Gasteiger partial charge in [-0.15, -0.1) is 0 Å². The Hall–Kier alpha value is -0.960. The summed E-state index contributed by atoms with van der Waals surface area (Å²) in [5.74, 6) is -0.896. The average molecular weight is 198 g/mol. The monoisotopic (exact) mass is 198 g/mol. The van der Waals surface area contributed by atoms with Crippen molar-refractivity contribution in [1.29, 1.82) is 0 Å². The van der Waals surface area contributed by atoms with Crippen molar-refractivity contribution in [3.8, 4) is 0 Å². The molecule has 0 spiro atoms. The fourth-order valence-corrected chi connectivity index (χ4v) is 1.82. The van der Waals surface area contributed by atoms with Crippen molar-refractivity contribution in [1.82, 2.24) is 0 Å². The molecule has 1 atom stereocenters. The summed E-state index contributed by atoms with van der Waals surface area (Å²) in [4.78, 5) is 0. The van der Waals surface area contributed by atoms with Crippen molar-refractivity contribution in [3.05, 3.63) is 35.4 Å². The molecule has 1 aromatic carbocycles. The molecule has 0 aliphatic carbocycles. The number of rotatable bonds is 1. The SMILES string of the molecule is Fc1ccc([C@H]2CCCOC2)c(F)c1. The first kappa shape index (κ1) is 9.59. The van der Waals surface area contributed by atoms with E-state index in [2.05, 4.69) is 0 Å². The van der Waals surface area contributed by atoms with Gasteiger partial charge in [-0.3, -0.25) is 0 Å². The Morgan fingerprint density at radius 3 is 2.79 bits per heavy atom. The van der Waals surface area contributed by atoms with Gasteiger partial charge in [0.15, 0.2) is 0 Å². The van der Waals surface area contributed by atoms with E-state index in [1.165, 1.54) is 12.1 Å². The van der Waals surface area contributed by atoms with Crippen LogP contribution in [0.4, 0.5) is 8.78 Å². The highest BCUT2D eigenvalue weighted by Gasteiger charge is 2.19. The van der Waals surface area contributed by atoms with Crippen LogP contribution in [0.5, 0.6) is 0 Å². The smallest absolute Gasteiger partial charge is 0.129 e. The fraction of sp³-hybridized carbons (Fsp3) is 0.455. The van der Waals surface area contributed by atoms with E-state index in [4.69, 9.17) is 4.74 Å². The lowest BCUT2D eigenvalue weighted by Gasteiger charge is -2.22. The Morgan fingerprint density at radius 1 is 1.29 bits per heavy atom. The summed E-state index contributed by atoms with van der Waals surface area (Å²) >= 11 is 0. The van der Waals surface area contributed by atoms with Crippen molar-refractivity contribution in [3.63, 3.8) is 0 Å². The van der Waals surface area contributed by atoms with Gasteiger partial charge in [-0.2, -0.15) is 0 Å². The zero-order valence-electron chi connectivity index (χ0n) is 7.80. The number of ether oxygens (including phenoxy) is 1. The lowest BCUT2D eigenvalue weighted by Crippen LogP contribution is -2.16. The van der Waals surface area contributed by atoms with E-state index in [1.54, 1.807) is 0 Å². The maximum absolute atomic E-state index is 13.3. The first-order valence-corrected chi connectivity index (χ1v) is 4.80. The Balaban J connectivity index is 2.22. The van der Waals surface area contributed by atoms with Crippen molar-refractivity contribution in [2.24, 2.45) is 0 Å². The fourth-order valence-electron chi connectivity index (χ4n) is 1.82. The van der Waals surface area contributed by atoms with Crippen LogP contribution < -0.4 is 0 Å². The molecule has 1 aliphatic rings. The van der Waals surface area contributed by atoms with Gasteiger partial charge in [0.05, 0.1) is 6.61 Å². The Kier molecular flexibility index (Phi) is 2.77. The molecule has 0 aromatic heterocycles. The molecule has 1 saturated heterocycles. The second-order valence-electron chi connectivity index (χ2n) is 3.58. The maximum atomic E-state index is 13.3. The third-order valence-electron chi connectivity index (χ3n) is 2.56. The first-order chi connectivity index (χ1) is 6.77. The minimum atomic E-state index is -0.525. The molecule has 0 amide bonds. The van der Waals surface area contributed by atoms with Gasteiger partial charge in [-0.25, -0.2) is 8.78 Å². The van der Waals surface area contributed by atoms with Crippen LogP contribution in [-0.4, -0.2) is 13.2 Å². The zero-order valence-corrected chi connectivity index (χ0v) is 7.80. The highest BCUT2D eigenvalue weighted by Crippen LogP contribution is 2.27. The van der Waals surface area contributed by atoms with Crippen molar-refractivity contribution < 1.29 is 13.5 Å². The van der Waals surface area contributed by atoms with Crippen LogP contribution in [-0.2, 0) is 4.74 Å². The molecular weight excluding hydrogens is 186 g/mol. The summed E-state index contributed by atoms with van der Waals surface area (Å²) < 4.78 is 31.2. The second kappa shape index (κ2) is 4.05. The molecular formula is C11H12F2O. The van der Waals surface area contributed by atoms with Crippen LogP contribution in [0.15, 0.2) is 18.2 Å². The Bertz CT molecular complexity index is 319. The molecule has 1 aliphatic heterocycles. The molecule has 1 heterocycles. The van der Waals surface area contributed by atoms with Gasteiger partial charge in [0.25, 0.3) is 0 Å². The third kappa shape index (κ3) is 1.93. The highest BCUT2D eigenvalue weighted by molar-refractivity contribution is 5.23. The molecule has 0 bridgehead atoms. The van der Waals surface area contributed by atoms with Gasteiger partial charge >= 0.3 is 0 Å². The average Bonchev–Trinajstić information content (AvgIpc) is 2.19. The van der Waals surface area contributed by atoms with Gasteiger partial charge in [0, 0.05) is 18.6 Å². The van der Waals surface area contributed by atoms with Crippen LogP contribution in [0.1, 0.15) is 24.3 Å². The van der Waals surface area contributed by atoms with Crippen molar-refractivity contribution in [2.45, 2.75) is 18.8 Å². The predicted molar refractivity (Wildman–Crippen MR) is 49.2 cm³/mol. The zero-order chi connectivity index (χ0) is 9.97. The minimum Gasteiger partial charge on any atom is -0.381 e. The predicted octanol–water partition coefficient (Wildman–Crippen LogP) is 2.86.